The summed E-state index contributed by atoms with van der Waals surface area (Å²) in [5.41, 5.74) is 0.147. The molecule has 0 bridgehead atoms. The molecule has 8 nitrogen and oxygen atoms in total. The summed E-state index contributed by atoms with van der Waals surface area (Å²) in [7, 11) is 0. The van der Waals surface area contributed by atoms with E-state index >= 15 is 0 Å². The van der Waals surface area contributed by atoms with Crippen molar-refractivity contribution in [3.8, 4) is 11.4 Å². The molecule has 0 saturated carbocycles. The molecule has 9 heteroatoms. The summed E-state index contributed by atoms with van der Waals surface area (Å²) in [6.45, 7) is 5.47. The number of rotatable bonds is 4. The molecule has 2 aromatic rings. The van der Waals surface area contributed by atoms with Gasteiger partial charge in [-0.25, -0.2) is 9.18 Å². The van der Waals surface area contributed by atoms with Gasteiger partial charge in [0.15, 0.2) is 0 Å². The van der Waals surface area contributed by atoms with Gasteiger partial charge < -0.3 is 19.8 Å². The first kappa shape index (κ1) is 18.8. The number of aryl methyl sites for hydroxylation is 1. The van der Waals surface area contributed by atoms with Gasteiger partial charge in [-0.15, -0.1) is 0 Å². The zero-order valence-corrected chi connectivity index (χ0v) is 15.3. The standard InChI is InChI=1S/C18H21FN4O4/c1-10-8-12(4-5-13(10)19)14-21-15(27-22-14)11(2)20-17(26)23-7-6-18(3,9-23)16(24)25/h4-5,8,11H,6-7,9H2,1-3H3,(H,20,26)(H,24,25). The molecule has 2 unspecified atom stereocenters. The molecule has 0 aliphatic carbocycles. The third kappa shape index (κ3) is 3.76. The van der Waals surface area contributed by atoms with Gasteiger partial charge in [-0.2, -0.15) is 4.98 Å². The van der Waals surface area contributed by atoms with Gasteiger partial charge in [0.05, 0.1) is 5.41 Å². The second kappa shape index (κ2) is 6.98. The summed E-state index contributed by atoms with van der Waals surface area (Å²) >= 11 is 0. The smallest absolute Gasteiger partial charge is 0.318 e. The van der Waals surface area contributed by atoms with Gasteiger partial charge in [0, 0.05) is 18.7 Å². The van der Waals surface area contributed by atoms with E-state index < -0.39 is 17.4 Å². The van der Waals surface area contributed by atoms with Crippen molar-refractivity contribution in [1.29, 1.82) is 0 Å². The molecule has 1 fully saturated rings. The maximum atomic E-state index is 13.4. The number of carbonyl (C=O) groups excluding carboxylic acids is 1. The van der Waals surface area contributed by atoms with Gasteiger partial charge >= 0.3 is 12.0 Å². The van der Waals surface area contributed by atoms with E-state index in [-0.39, 0.29) is 24.3 Å². The topological polar surface area (TPSA) is 109 Å². The van der Waals surface area contributed by atoms with Crippen LogP contribution in [0.15, 0.2) is 22.7 Å². The summed E-state index contributed by atoms with van der Waals surface area (Å²) in [4.78, 5) is 29.4. The number of hydrogen-bond acceptors (Lipinski definition) is 5. The van der Waals surface area contributed by atoms with Crippen molar-refractivity contribution in [2.75, 3.05) is 13.1 Å². The lowest BCUT2D eigenvalue weighted by molar-refractivity contribution is -0.147. The lowest BCUT2D eigenvalue weighted by Gasteiger charge is -2.21. The van der Waals surface area contributed by atoms with Crippen molar-refractivity contribution < 1.29 is 23.6 Å². The first-order valence-corrected chi connectivity index (χ1v) is 8.58. The number of halogens is 1. The number of amides is 2. The molecule has 1 aliphatic rings. The number of carbonyl (C=O) groups is 2. The Hall–Kier alpha value is -2.97. The number of aromatic nitrogens is 2. The molecule has 1 aliphatic heterocycles. The third-order valence-electron chi connectivity index (χ3n) is 4.85. The normalized spacial score (nSPS) is 20.5. The fraction of sp³-hybridized carbons (Fsp3) is 0.444. The average molecular weight is 376 g/mol. The minimum absolute atomic E-state index is 0.144. The number of benzene rings is 1. The first-order valence-electron chi connectivity index (χ1n) is 8.58. The van der Waals surface area contributed by atoms with Gasteiger partial charge in [0.25, 0.3) is 0 Å². The largest absolute Gasteiger partial charge is 0.481 e. The molecule has 2 heterocycles. The number of aliphatic carboxylic acids is 1. The van der Waals surface area contributed by atoms with Crippen LogP contribution in [-0.4, -0.2) is 45.2 Å². The number of urea groups is 1. The third-order valence-corrected chi connectivity index (χ3v) is 4.85. The van der Waals surface area contributed by atoms with E-state index in [2.05, 4.69) is 15.5 Å². The Morgan fingerprint density at radius 3 is 2.81 bits per heavy atom. The zero-order valence-electron chi connectivity index (χ0n) is 15.3. The van der Waals surface area contributed by atoms with E-state index in [0.717, 1.165) is 0 Å². The van der Waals surface area contributed by atoms with Crippen LogP contribution < -0.4 is 5.32 Å². The van der Waals surface area contributed by atoms with Crippen LogP contribution in [0.4, 0.5) is 9.18 Å². The number of carboxylic acid groups (broad SMARTS) is 1. The lowest BCUT2D eigenvalue weighted by Crippen LogP contribution is -2.41. The van der Waals surface area contributed by atoms with Gasteiger partial charge in [-0.1, -0.05) is 5.16 Å². The van der Waals surface area contributed by atoms with E-state index in [0.29, 0.717) is 29.9 Å². The molecule has 27 heavy (non-hydrogen) atoms. The highest BCUT2D eigenvalue weighted by molar-refractivity contribution is 5.79. The highest BCUT2D eigenvalue weighted by Gasteiger charge is 2.42. The van der Waals surface area contributed by atoms with E-state index in [1.54, 1.807) is 32.9 Å². The Bertz CT molecular complexity index is 884. The van der Waals surface area contributed by atoms with Crippen molar-refractivity contribution in [3.05, 3.63) is 35.5 Å². The van der Waals surface area contributed by atoms with Crippen LogP contribution in [0.25, 0.3) is 11.4 Å². The minimum Gasteiger partial charge on any atom is -0.481 e. The predicted molar refractivity (Wildman–Crippen MR) is 93.3 cm³/mol. The van der Waals surface area contributed by atoms with Crippen molar-refractivity contribution in [1.82, 2.24) is 20.4 Å². The van der Waals surface area contributed by atoms with Crippen molar-refractivity contribution in [2.24, 2.45) is 5.41 Å². The molecule has 2 atom stereocenters. The molecule has 2 amide bonds. The second-order valence-electron chi connectivity index (χ2n) is 7.13. The first-order chi connectivity index (χ1) is 12.7. The SMILES string of the molecule is Cc1cc(-c2noc(C(C)NC(=O)N3CCC(C)(C(=O)O)C3)n2)ccc1F. The Balaban J connectivity index is 1.66. The van der Waals surface area contributed by atoms with Crippen LogP contribution in [0.2, 0.25) is 0 Å². The summed E-state index contributed by atoms with van der Waals surface area (Å²) in [6.07, 6.45) is 0.402. The average Bonchev–Trinajstić information content (AvgIpc) is 3.25. The van der Waals surface area contributed by atoms with Crippen LogP contribution in [0.1, 0.15) is 37.8 Å². The maximum absolute atomic E-state index is 13.4. The Morgan fingerprint density at radius 1 is 1.44 bits per heavy atom. The van der Waals surface area contributed by atoms with Crippen LogP contribution >= 0.6 is 0 Å². The molecule has 0 spiro atoms. The maximum Gasteiger partial charge on any atom is 0.318 e. The minimum atomic E-state index is -0.932. The van der Waals surface area contributed by atoms with E-state index in [1.807, 2.05) is 0 Å². The lowest BCUT2D eigenvalue weighted by atomic mass is 9.90. The van der Waals surface area contributed by atoms with Crippen LogP contribution in [0.5, 0.6) is 0 Å². The molecule has 1 saturated heterocycles. The predicted octanol–water partition coefficient (Wildman–Crippen LogP) is 2.75. The van der Waals surface area contributed by atoms with Crippen molar-refractivity contribution in [3.63, 3.8) is 0 Å². The number of hydrogen-bond donors (Lipinski definition) is 2. The van der Waals surface area contributed by atoms with Crippen LogP contribution in [0, 0.1) is 18.2 Å². The van der Waals surface area contributed by atoms with Gasteiger partial charge in [0.2, 0.25) is 11.7 Å². The highest BCUT2D eigenvalue weighted by Crippen LogP contribution is 2.30. The quantitative estimate of drug-likeness (QED) is 0.849. The van der Waals surface area contributed by atoms with Gasteiger partial charge in [0.1, 0.15) is 11.9 Å². The zero-order chi connectivity index (χ0) is 19.8. The van der Waals surface area contributed by atoms with E-state index in [9.17, 15) is 19.1 Å². The van der Waals surface area contributed by atoms with E-state index in [1.165, 1.54) is 11.0 Å². The highest BCUT2D eigenvalue weighted by atomic mass is 19.1. The fourth-order valence-corrected chi connectivity index (χ4v) is 2.96. The molecule has 1 aromatic heterocycles. The van der Waals surface area contributed by atoms with Gasteiger partial charge in [-0.3, -0.25) is 4.79 Å². The molecule has 3 rings (SSSR count). The van der Waals surface area contributed by atoms with Gasteiger partial charge in [-0.05, 0) is 51.0 Å². The van der Waals surface area contributed by atoms with Crippen molar-refractivity contribution in [2.45, 2.75) is 33.2 Å². The number of nitrogens with zero attached hydrogens (tertiary/aromatic N) is 3. The molecule has 0 radical (unpaired) electrons. The molecular formula is C18H21FN4O4. The number of likely N-dealkylation sites (tertiary alicyclic amines) is 1. The monoisotopic (exact) mass is 376 g/mol. The molecule has 2 N–H and O–H groups in total. The van der Waals surface area contributed by atoms with Crippen LogP contribution in [0.3, 0.4) is 0 Å². The second-order valence-corrected chi connectivity index (χ2v) is 7.13. The Labute approximate surface area is 155 Å². The molecular weight excluding hydrogens is 355 g/mol. The number of nitrogens with one attached hydrogen (secondary N) is 1. The molecule has 144 valence electrons. The van der Waals surface area contributed by atoms with E-state index in [4.69, 9.17) is 4.52 Å². The molecule has 1 aromatic carbocycles. The van der Waals surface area contributed by atoms with Crippen molar-refractivity contribution >= 4 is 12.0 Å². The summed E-state index contributed by atoms with van der Waals surface area (Å²) in [6, 6.07) is 3.56. The number of carboxylic acids is 1. The fourth-order valence-electron chi connectivity index (χ4n) is 2.96. The Kier molecular flexibility index (Phi) is 4.86. The summed E-state index contributed by atoms with van der Waals surface area (Å²) < 4.78 is 18.6. The summed E-state index contributed by atoms with van der Waals surface area (Å²) in [5.74, 6) is -0.724. The Morgan fingerprint density at radius 2 is 2.19 bits per heavy atom. The van der Waals surface area contributed by atoms with Crippen LogP contribution in [-0.2, 0) is 4.79 Å². The summed E-state index contributed by atoms with van der Waals surface area (Å²) in [5, 5.41) is 15.9.